The first-order valence-corrected chi connectivity index (χ1v) is 12.5. The molecule has 0 radical (unpaired) electrons. The monoisotopic (exact) mass is 606 g/mol. The topological polar surface area (TPSA) is 0 Å². The summed E-state index contributed by atoms with van der Waals surface area (Å²) in [5.74, 6) is 0. The van der Waals surface area contributed by atoms with Gasteiger partial charge in [0.2, 0.25) is 0 Å². The first-order valence-electron chi connectivity index (χ1n) is 11.0. The van der Waals surface area contributed by atoms with E-state index in [-0.39, 0.29) is 83.8 Å². The van der Waals surface area contributed by atoms with Crippen LogP contribution in [-0.4, -0.2) is 11.3 Å². The van der Waals surface area contributed by atoms with Gasteiger partial charge >= 0.3 is 26.2 Å². The Balaban J connectivity index is 0. The fraction of sp³-hybridized carbons (Fsp3) is 0.462. The van der Waals surface area contributed by atoms with Gasteiger partial charge in [0.15, 0.2) is 0 Å². The van der Waals surface area contributed by atoms with Crippen molar-refractivity contribution < 1.29 is 75.8 Å². The Labute approximate surface area is 240 Å². The minimum Gasteiger partial charge on any atom is -1.00 e. The average Bonchev–Trinajstić information content (AvgIpc) is 2.76. The maximum absolute atomic E-state index is 2.55. The minimum absolute atomic E-state index is 0. The molecule has 0 unspecified atom stereocenters. The Morgan fingerprint density at radius 2 is 1.00 bits per heavy atom. The molecule has 0 heterocycles. The van der Waals surface area contributed by atoms with E-state index >= 15 is 0 Å². The molecule has 0 atom stereocenters. The van der Waals surface area contributed by atoms with Crippen LogP contribution in [0.2, 0.25) is 0 Å². The van der Waals surface area contributed by atoms with Gasteiger partial charge in [-0.15, -0.1) is 0 Å². The smallest absolute Gasteiger partial charge is 1.00 e. The van der Waals surface area contributed by atoms with Crippen LogP contribution in [0.15, 0.2) is 60.7 Å². The molecule has 0 N–H and O–H groups in total. The summed E-state index contributed by atoms with van der Waals surface area (Å²) in [5, 5.41) is 1.68. The number of halogens is 4. The van der Waals surface area contributed by atoms with E-state index in [4.69, 9.17) is 0 Å². The van der Waals surface area contributed by atoms with Gasteiger partial charge in [-0.05, 0) is 59.5 Å². The second-order valence-electron chi connectivity index (χ2n) is 8.30. The molecule has 4 rings (SSSR count). The van der Waals surface area contributed by atoms with Crippen molar-refractivity contribution in [3.8, 4) is 0 Å². The molecular formula is C26H33Cl4PZr. The van der Waals surface area contributed by atoms with Crippen molar-refractivity contribution in [3.05, 3.63) is 71.8 Å². The van der Waals surface area contributed by atoms with Crippen LogP contribution in [0.4, 0.5) is 0 Å². The summed E-state index contributed by atoms with van der Waals surface area (Å²) in [6.45, 7) is 0. The summed E-state index contributed by atoms with van der Waals surface area (Å²) in [4.78, 5) is 0. The molecule has 0 bridgehead atoms. The third-order valence-electron chi connectivity index (χ3n) is 6.39. The molecule has 6 heteroatoms. The second kappa shape index (κ2) is 18.9. The van der Waals surface area contributed by atoms with E-state index in [9.17, 15) is 0 Å². The first kappa shape index (κ1) is 34.8. The molecule has 0 aromatic heterocycles. The van der Waals surface area contributed by atoms with Crippen LogP contribution in [0.3, 0.4) is 0 Å². The van der Waals surface area contributed by atoms with Gasteiger partial charge in [-0.1, -0.05) is 107 Å². The fourth-order valence-electron chi connectivity index (χ4n) is 5.03. The van der Waals surface area contributed by atoms with Crippen molar-refractivity contribution in [1.82, 2.24) is 0 Å². The van der Waals surface area contributed by atoms with Crippen molar-refractivity contribution in [1.29, 1.82) is 0 Å². The summed E-state index contributed by atoms with van der Waals surface area (Å²) in [5.41, 5.74) is 4.72. The van der Waals surface area contributed by atoms with E-state index in [1.807, 2.05) is 0 Å². The molecule has 2 aliphatic carbocycles. The van der Waals surface area contributed by atoms with Crippen LogP contribution in [-0.2, 0) is 26.2 Å². The summed E-state index contributed by atoms with van der Waals surface area (Å²) >= 11 is 0. The zero-order valence-corrected chi connectivity index (χ0v) is 24.9. The molecule has 32 heavy (non-hydrogen) atoms. The molecule has 174 valence electrons. The van der Waals surface area contributed by atoms with Crippen LogP contribution in [0.1, 0.15) is 75.3 Å². The number of hydrogen-bond donors (Lipinski definition) is 0. The zero-order valence-electron chi connectivity index (χ0n) is 18.5. The summed E-state index contributed by atoms with van der Waals surface area (Å²) in [6.07, 6.45) is 17.1. The molecule has 2 aliphatic rings. The molecule has 0 spiro atoms. The van der Waals surface area contributed by atoms with E-state index in [0.717, 1.165) is 11.3 Å². The molecule has 0 aliphatic heterocycles. The first-order chi connectivity index (χ1) is 13.4. The van der Waals surface area contributed by atoms with Gasteiger partial charge in [0.1, 0.15) is 0 Å². The van der Waals surface area contributed by atoms with Gasteiger partial charge in [0.05, 0.1) is 0 Å². The van der Waals surface area contributed by atoms with Gasteiger partial charge in [0, 0.05) is 0 Å². The average molecular weight is 610 g/mol. The van der Waals surface area contributed by atoms with Crippen LogP contribution in [0.5, 0.6) is 0 Å². The van der Waals surface area contributed by atoms with E-state index in [2.05, 4.69) is 66.7 Å². The second-order valence-corrected chi connectivity index (χ2v) is 11.1. The molecule has 2 fully saturated rings. The maximum Gasteiger partial charge on any atom is 4.00 e. The SMILES string of the molecule is C(=C(c1ccccc1)P(C1CCCCC1)C1CCCCC1)c1ccccc1.[Cl-].[Cl-].[Cl-].[Cl-].[Zr+4]. The maximum atomic E-state index is 2.55. The standard InChI is InChI=1S/C26H33P.4ClH.Zr/c1-5-13-22(14-6-1)21-26(23-15-7-2-8-16-23)27(24-17-9-3-10-18-24)25-19-11-4-12-20-25;;;;;/h1-2,5-8,13-16,21,24-25H,3-4,9-12,17-20H2;4*1H;/q;;;;;+4/p-4. The van der Waals surface area contributed by atoms with Gasteiger partial charge in [-0.2, -0.15) is 0 Å². The van der Waals surface area contributed by atoms with E-state index in [1.54, 1.807) is 5.31 Å². The van der Waals surface area contributed by atoms with E-state index in [0.29, 0.717) is 0 Å². The minimum atomic E-state index is -0.0993. The van der Waals surface area contributed by atoms with Crippen LogP contribution in [0, 0.1) is 0 Å². The third kappa shape index (κ3) is 9.72. The zero-order chi connectivity index (χ0) is 18.3. The molecule has 0 nitrogen and oxygen atoms in total. The van der Waals surface area contributed by atoms with Crippen LogP contribution in [0.25, 0.3) is 11.4 Å². The summed E-state index contributed by atoms with van der Waals surface area (Å²) < 4.78 is 0. The van der Waals surface area contributed by atoms with Crippen molar-refractivity contribution in [2.75, 3.05) is 0 Å². The third-order valence-corrected chi connectivity index (χ3v) is 9.94. The van der Waals surface area contributed by atoms with Crippen molar-refractivity contribution in [2.45, 2.75) is 75.5 Å². The molecule has 2 aromatic rings. The largest absolute Gasteiger partial charge is 4.00 e. The Bertz CT molecular complexity index is 712. The molecule has 0 amide bonds. The Morgan fingerprint density at radius 1 is 0.594 bits per heavy atom. The van der Waals surface area contributed by atoms with Crippen molar-refractivity contribution in [2.24, 2.45) is 0 Å². The Kier molecular flexibility index (Phi) is 20.6. The summed E-state index contributed by atoms with van der Waals surface area (Å²) in [6, 6.07) is 22.4. The van der Waals surface area contributed by atoms with E-state index < -0.39 is 0 Å². The number of benzene rings is 2. The Morgan fingerprint density at radius 3 is 1.44 bits per heavy atom. The molecule has 2 saturated carbocycles. The molecule has 0 saturated heterocycles. The number of rotatable bonds is 5. The van der Waals surface area contributed by atoms with Gasteiger partial charge in [-0.25, -0.2) is 0 Å². The predicted molar refractivity (Wildman–Crippen MR) is 121 cm³/mol. The van der Waals surface area contributed by atoms with Crippen molar-refractivity contribution in [3.63, 3.8) is 0 Å². The van der Waals surface area contributed by atoms with Gasteiger partial charge in [0.25, 0.3) is 0 Å². The van der Waals surface area contributed by atoms with E-state index in [1.165, 1.54) is 75.3 Å². The van der Waals surface area contributed by atoms with Gasteiger partial charge < -0.3 is 49.6 Å². The van der Waals surface area contributed by atoms with Crippen LogP contribution < -0.4 is 49.6 Å². The fourth-order valence-corrected chi connectivity index (χ4v) is 9.00. The van der Waals surface area contributed by atoms with Crippen molar-refractivity contribution >= 4 is 19.3 Å². The van der Waals surface area contributed by atoms with Gasteiger partial charge in [-0.3, -0.25) is 0 Å². The summed E-state index contributed by atoms with van der Waals surface area (Å²) in [7, 11) is -0.0993. The molecule has 2 aromatic carbocycles. The quantitative estimate of drug-likeness (QED) is 0.243. The predicted octanol–water partition coefficient (Wildman–Crippen LogP) is -3.65. The van der Waals surface area contributed by atoms with Crippen LogP contribution >= 0.6 is 7.92 Å². The Hall–Kier alpha value is 0.653. The number of hydrogen-bond acceptors (Lipinski definition) is 0. The normalized spacial score (nSPS) is 17.0. The molecular weight excluding hydrogens is 576 g/mol.